The lowest BCUT2D eigenvalue weighted by molar-refractivity contribution is -0.116. The minimum absolute atomic E-state index is 0.0133. The molecule has 3 aromatic carbocycles. The highest BCUT2D eigenvalue weighted by Gasteiger charge is 2.19. The first-order valence-corrected chi connectivity index (χ1v) is 14.9. The number of benzene rings is 3. The molecule has 0 aromatic heterocycles. The van der Waals surface area contributed by atoms with Crippen LogP contribution in [0.4, 0.5) is 17.1 Å². The molecule has 0 aliphatic rings. The smallest absolute Gasteiger partial charge is 0.262 e. The van der Waals surface area contributed by atoms with E-state index in [2.05, 4.69) is 10.0 Å². The topological polar surface area (TPSA) is 122 Å². The number of hydrogen-bond donors (Lipinski definition) is 2. The molecule has 9 nitrogen and oxygen atoms in total. The van der Waals surface area contributed by atoms with Gasteiger partial charge in [0.15, 0.2) is 0 Å². The zero-order valence-electron chi connectivity index (χ0n) is 20.6. The number of hydrogen-bond acceptors (Lipinski definition) is 6. The van der Waals surface area contributed by atoms with Crippen LogP contribution >= 0.6 is 11.6 Å². The van der Waals surface area contributed by atoms with Crippen LogP contribution in [0.15, 0.2) is 71.6 Å². The molecule has 0 spiro atoms. The Morgan fingerprint density at radius 1 is 1.00 bits per heavy atom. The Morgan fingerprint density at radius 3 is 2.32 bits per heavy atom. The highest BCUT2D eigenvalue weighted by molar-refractivity contribution is 7.92. The van der Waals surface area contributed by atoms with Gasteiger partial charge in [0.1, 0.15) is 5.75 Å². The molecule has 0 aliphatic carbocycles. The number of amides is 1. The lowest BCUT2D eigenvalue weighted by Crippen LogP contribution is -2.31. The van der Waals surface area contributed by atoms with Crippen molar-refractivity contribution in [3.05, 3.63) is 77.3 Å². The second-order valence-corrected chi connectivity index (χ2v) is 12.3. The van der Waals surface area contributed by atoms with Crippen molar-refractivity contribution in [2.45, 2.75) is 24.7 Å². The van der Waals surface area contributed by atoms with Gasteiger partial charge in [-0.2, -0.15) is 0 Å². The van der Waals surface area contributed by atoms with Gasteiger partial charge in [0.2, 0.25) is 15.9 Å². The van der Waals surface area contributed by atoms with Crippen molar-refractivity contribution in [1.82, 2.24) is 0 Å². The van der Waals surface area contributed by atoms with Crippen molar-refractivity contribution < 1.29 is 26.4 Å². The molecule has 0 saturated heterocycles. The molecule has 0 unspecified atom stereocenters. The van der Waals surface area contributed by atoms with Crippen molar-refractivity contribution >= 4 is 54.6 Å². The van der Waals surface area contributed by atoms with Crippen LogP contribution in [0.1, 0.15) is 18.4 Å². The molecular formula is C25H28ClN3O6S2. The van der Waals surface area contributed by atoms with Crippen molar-refractivity contribution in [3.63, 3.8) is 0 Å². The number of rotatable bonds is 11. The first-order valence-electron chi connectivity index (χ1n) is 11.2. The van der Waals surface area contributed by atoms with Gasteiger partial charge in [0.25, 0.3) is 10.0 Å². The molecule has 0 radical (unpaired) electrons. The van der Waals surface area contributed by atoms with E-state index in [1.54, 1.807) is 36.4 Å². The summed E-state index contributed by atoms with van der Waals surface area (Å²) >= 11 is 5.98. The van der Waals surface area contributed by atoms with Crippen molar-refractivity contribution in [2.24, 2.45) is 0 Å². The third-order valence-electron chi connectivity index (χ3n) is 5.31. The second kappa shape index (κ2) is 11.8. The molecule has 0 fully saturated rings. The van der Waals surface area contributed by atoms with Gasteiger partial charge in [-0.05, 0) is 73.5 Å². The molecule has 3 aromatic rings. The second-order valence-electron chi connectivity index (χ2n) is 8.30. The van der Waals surface area contributed by atoms with Gasteiger partial charge in [-0.15, -0.1) is 0 Å². The van der Waals surface area contributed by atoms with E-state index in [4.69, 9.17) is 16.3 Å². The molecule has 2 N–H and O–H groups in total. The van der Waals surface area contributed by atoms with Crippen molar-refractivity contribution in [2.75, 3.05) is 34.3 Å². The average Bonchev–Trinajstić information content (AvgIpc) is 2.81. The fourth-order valence-corrected chi connectivity index (χ4v) is 5.75. The summed E-state index contributed by atoms with van der Waals surface area (Å²) in [5, 5.41) is 3.10. The van der Waals surface area contributed by atoms with Crippen molar-refractivity contribution in [1.29, 1.82) is 0 Å². The van der Waals surface area contributed by atoms with E-state index in [1.807, 2.05) is 13.0 Å². The zero-order valence-corrected chi connectivity index (χ0v) is 23.0. The van der Waals surface area contributed by atoms with E-state index < -0.39 is 20.0 Å². The molecule has 3 rings (SSSR count). The fourth-order valence-electron chi connectivity index (χ4n) is 3.55. The van der Waals surface area contributed by atoms with Crippen LogP contribution in [-0.2, 0) is 24.8 Å². The van der Waals surface area contributed by atoms with Crippen LogP contribution in [0.25, 0.3) is 0 Å². The summed E-state index contributed by atoms with van der Waals surface area (Å²) in [7, 11) is -6.00. The van der Waals surface area contributed by atoms with E-state index in [-0.39, 0.29) is 30.2 Å². The predicted octanol–water partition coefficient (Wildman–Crippen LogP) is 4.64. The first-order chi connectivity index (χ1) is 17.4. The number of halogens is 1. The third-order valence-corrected chi connectivity index (χ3v) is 8.12. The molecule has 198 valence electrons. The van der Waals surface area contributed by atoms with Crippen molar-refractivity contribution in [3.8, 4) is 5.75 Å². The number of anilines is 3. The minimum atomic E-state index is -3.89. The number of methoxy groups -OCH3 is 1. The summed E-state index contributed by atoms with van der Waals surface area (Å²) in [6.07, 6.45) is 1.41. The van der Waals surface area contributed by atoms with E-state index in [9.17, 15) is 21.6 Å². The lowest BCUT2D eigenvalue weighted by atomic mass is 10.2. The van der Waals surface area contributed by atoms with Gasteiger partial charge < -0.3 is 10.1 Å². The minimum Gasteiger partial charge on any atom is -0.495 e. The van der Waals surface area contributed by atoms with Crippen LogP contribution < -0.4 is 19.1 Å². The summed E-state index contributed by atoms with van der Waals surface area (Å²) in [4.78, 5) is 12.4. The Hall–Kier alpha value is -3.28. The molecule has 37 heavy (non-hydrogen) atoms. The van der Waals surface area contributed by atoms with E-state index in [1.165, 1.54) is 35.7 Å². The Balaban J connectivity index is 1.60. The van der Waals surface area contributed by atoms with E-state index >= 15 is 0 Å². The number of carbonyl (C=O) groups is 1. The highest BCUT2D eigenvalue weighted by atomic mass is 35.5. The van der Waals surface area contributed by atoms with Crippen LogP contribution in [0, 0.1) is 6.92 Å². The first kappa shape index (κ1) is 28.3. The van der Waals surface area contributed by atoms with Crippen LogP contribution in [0.3, 0.4) is 0 Å². The maximum atomic E-state index is 12.8. The summed E-state index contributed by atoms with van der Waals surface area (Å²) in [6, 6.07) is 17.3. The largest absolute Gasteiger partial charge is 0.495 e. The predicted molar refractivity (Wildman–Crippen MR) is 146 cm³/mol. The van der Waals surface area contributed by atoms with Crippen LogP contribution in [0.5, 0.6) is 5.75 Å². The van der Waals surface area contributed by atoms with Gasteiger partial charge in [-0.3, -0.25) is 13.8 Å². The number of nitrogens with zero attached hydrogens (tertiary/aromatic N) is 1. The molecular weight excluding hydrogens is 538 g/mol. The zero-order chi connectivity index (χ0) is 27.2. The number of ether oxygens (including phenoxy) is 1. The SMILES string of the molecule is COc1ccc(C)cc1NS(=O)(=O)c1ccc(NC(=O)CCCN(c2cccc(Cl)c2)S(C)(=O)=O)cc1. The van der Waals surface area contributed by atoms with Gasteiger partial charge >= 0.3 is 0 Å². The van der Waals surface area contributed by atoms with E-state index in [0.717, 1.165) is 11.8 Å². The number of nitrogens with one attached hydrogen (secondary N) is 2. The Bertz CT molecular complexity index is 1480. The highest BCUT2D eigenvalue weighted by Crippen LogP contribution is 2.28. The Labute approximate surface area is 222 Å². The third kappa shape index (κ3) is 7.85. The summed E-state index contributed by atoms with van der Waals surface area (Å²) in [5.74, 6) is 0.0561. The number of carbonyl (C=O) groups excluding carboxylic acids is 1. The maximum absolute atomic E-state index is 12.8. The molecule has 0 aliphatic heterocycles. The van der Waals surface area contributed by atoms with Gasteiger partial charge in [-0.1, -0.05) is 23.7 Å². The summed E-state index contributed by atoms with van der Waals surface area (Å²) < 4.78 is 59.0. The van der Waals surface area contributed by atoms with Crippen LogP contribution in [-0.4, -0.2) is 42.7 Å². The molecule has 0 heterocycles. The summed E-state index contributed by atoms with van der Waals surface area (Å²) in [5.41, 5.74) is 2.01. The molecule has 12 heteroatoms. The molecule has 0 atom stereocenters. The number of sulfonamides is 2. The van der Waals surface area contributed by atoms with Gasteiger partial charge in [0.05, 0.1) is 29.6 Å². The fraction of sp³-hybridized carbons (Fsp3) is 0.240. The summed E-state index contributed by atoms with van der Waals surface area (Å²) in [6.45, 7) is 1.93. The molecule has 0 saturated carbocycles. The van der Waals surface area contributed by atoms with E-state index in [0.29, 0.717) is 27.8 Å². The Kier molecular flexibility index (Phi) is 9.06. The molecule has 1 amide bonds. The van der Waals surface area contributed by atoms with Crippen LogP contribution in [0.2, 0.25) is 5.02 Å². The number of aryl methyl sites for hydroxylation is 1. The molecule has 0 bridgehead atoms. The lowest BCUT2D eigenvalue weighted by Gasteiger charge is -2.22. The quantitative estimate of drug-likeness (QED) is 0.349. The van der Waals surface area contributed by atoms with Gasteiger partial charge in [-0.25, -0.2) is 16.8 Å². The normalized spacial score (nSPS) is 11.6. The monoisotopic (exact) mass is 565 g/mol. The Morgan fingerprint density at radius 2 is 1.70 bits per heavy atom. The standard InChI is InChI=1S/C25H28ClN3O6S2/c1-18-9-14-24(35-2)23(16-18)28-37(33,34)22-12-10-20(11-13-22)27-25(30)8-5-15-29(36(3,31)32)21-7-4-6-19(26)17-21/h4,6-7,9-14,16-17,28H,5,8,15H2,1-3H3,(H,27,30). The average molecular weight is 566 g/mol. The maximum Gasteiger partial charge on any atom is 0.262 e. The van der Waals surface area contributed by atoms with Gasteiger partial charge in [0, 0.05) is 23.7 Å².